The monoisotopic (exact) mass is 228 g/mol. The van der Waals surface area contributed by atoms with Crippen LogP contribution in [0, 0.1) is 0 Å². The molecule has 1 aromatic carbocycles. The van der Waals surface area contributed by atoms with Gasteiger partial charge in [-0.3, -0.25) is 0 Å². The molecular formula is C15H20N2. The fraction of sp³-hybridized carbons (Fsp3) is 0.467. The summed E-state index contributed by atoms with van der Waals surface area (Å²) in [5.41, 5.74) is 8.34. The summed E-state index contributed by atoms with van der Waals surface area (Å²) < 4.78 is 2.47. The van der Waals surface area contributed by atoms with E-state index >= 15 is 0 Å². The van der Waals surface area contributed by atoms with Gasteiger partial charge in [-0.05, 0) is 55.0 Å². The van der Waals surface area contributed by atoms with Crippen LogP contribution in [0.2, 0.25) is 0 Å². The molecule has 1 aliphatic carbocycles. The third-order valence-corrected chi connectivity index (χ3v) is 3.94. The fourth-order valence-corrected chi connectivity index (χ4v) is 3.04. The van der Waals surface area contributed by atoms with Gasteiger partial charge in [-0.2, -0.15) is 0 Å². The van der Waals surface area contributed by atoms with Crippen LogP contribution >= 0.6 is 0 Å². The molecule has 90 valence electrons. The Morgan fingerprint density at radius 2 is 2.00 bits per heavy atom. The van der Waals surface area contributed by atoms with E-state index < -0.39 is 0 Å². The van der Waals surface area contributed by atoms with E-state index in [0.717, 1.165) is 19.0 Å². The molecule has 0 bridgehead atoms. The summed E-state index contributed by atoms with van der Waals surface area (Å²) in [4.78, 5) is 0. The Morgan fingerprint density at radius 1 is 1.18 bits per heavy atom. The van der Waals surface area contributed by atoms with Crippen LogP contribution in [0.15, 0.2) is 30.5 Å². The van der Waals surface area contributed by atoms with Gasteiger partial charge in [-0.1, -0.05) is 18.9 Å². The topological polar surface area (TPSA) is 30.9 Å². The molecule has 0 aliphatic heterocycles. The zero-order chi connectivity index (χ0) is 11.7. The second-order valence-electron chi connectivity index (χ2n) is 5.09. The standard InChI is InChI=1S/C15H20N2/c16-9-7-12-5-6-15-13(11-12)8-10-17(15)14-3-1-2-4-14/h5-6,8,10-11,14H,1-4,7,9,16H2. The minimum atomic E-state index is 0.729. The van der Waals surface area contributed by atoms with Gasteiger partial charge in [0.2, 0.25) is 0 Å². The highest BCUT2D eigenvalue weighted by atomic mass is 15.0. The summed E-state index contributed by atoms with van der Waals surface area (Å²) in [7, 11) is 0. The maximum Gasteiger partial charge on any atom is 0.0483 e. The van der Waals surface area contributed by atoms with Crippen LogP contribution in [-0.2, 0) is 6.42 Å². The van der Waals surface area contributed by atoms with E-state index in [1.165, 1.54) is 42.1 Å². The highest BCUT2D eigenvalue weighted by Gasteiger charge is 2.17. The predicted octanol–water partition coefficient (Wildman–Crippen LogP) is 3.26. The maximum absolute atomic E-state index is 5.60. The van der Waals surface area contributed by atoms with Crippen LogP contribution in [0.4, 0.5) is 0 Å². The lowest BCUT2D eigenvalue weighted by atomic mass is 10.1. The van der Waals surface area contributed by atoms with Gasteiger partial charge in [-0.25, -0.2) is 0 Å². The molecule has 1 fully saturated rings. The van der Waals surface area contributed by atoms with Crippen molar-refractivity contribution in [2.45, 2.75) is 38.1 Å². The second-order valence-corrected chi connectivity index (χ2v) is 5.09. The normalized spacial score (nSPS) is 17.0. The third kappa shape index (κ3) is 1.98. The third-order valence-electron chi connectivity index (χ3n) is 3.94. The lowest BCUT2D eigenvalue weighted by molar-refractivity contribution is 0.536. The molecule has 0 saturated heterocycles. The Balaban J connectivity index is 1.98. The lowest BCUT2D eigenvalue weighted by Crippen LogP contribution is -2.04. The van der Waals surface area contributed by atoms with E-state index in [2.05, 4.69) is 35.0 Å². The van der Waals surface area contributed by atoms with Crippen molar-refractivity contribution in [2.75, 3.05) is 6.54 Å². The van der Waals surface area contributed by atoms with Gasteiger partial charge in [0.15, 0.2) is 0 Å². The molecule has 2 N–H and O–H groups in total. The van der Waals surface area contributed by atoms with Crippen molar-refractivity contribution in [3.8, 4) is 0 Å². The molecule has 3 rings (SSSR count). The van der Waals surface area contributed by atoms with E-state index in [-0.39, 0.29) is 0 Å². The number of aromatic nitrogens is 1. The molecule has 1 aromatic heterocycles. The van der Waals surface area contributed by atoms with Crippen molar-refractivity contribution < 1.29 is 0 Å². The number of hydrogen-bond acceptors (Lipinski definition) is 1. The predicted molar refractivity (Wildman–Crippen MR) is 72.2 cm³/mol. The number of benzene rings is 1. The first-order valence-corrected chi connectivity index (χ1v) is 6.68. The van der Waals surface area contributed by atoms with E-state index in [1.807, 2.05) is 0 Å². The van der Waals surface area contributed by atoms with Crippen LogP contribution in [0.3, 0.4) is 0 Å². The first kappa shape index (κ1) is 10.8. The van der Waals surface area contributed by atoms with Gasteiger partial charge in [0, 0.05) is 17.8 Å². The smallest absolute Gasteiger partial charge is 0.0483 e. The van der Waals surface area contributed by atoms with Crippen LogP contribution in [0.25, 0.3) is 10.9 Å². The van der Waals surface area contributed by atoms with Crippen LogP contribution in [-0.4, -0.2) is 11.1 Å². The number of nitrogens with zero attached hydrogens (tertiary/aromatic N) is 1. The zero-order valence-corrected chi connectivity index (χ0v) is 10.2. The first-order chi connectivity index (χ1) is 8.38. The number of hydrogen-bond donors (Lipinski definition) is 1. The summed E-state index contributed by atoms with van der Waals surface area (Å²) in [6, 6.07) is 9.74. The van der Waals surface area contributed by atoms with Crippen molar-refractivity contribution in [2.24, 2.45) is 5.73 Å². The van der Waals surface area contributed by atoms with Crippen LogP contribution < -0.4 is 5.73 Å². The van der Waals surface area contributed by atoms with E-state index in [4.69, 9.17) is 5.73 Å². The van der Waals surface area contributed by atoms with Crippen molar-refractivity contribution in [3.05, 3.63) is 36.0 Å². The van der Waals surface area contributed by atoms with Gasteiger partial charge in [-0.15, -0.1) is 0 Å². The second kappa shape index (κ2) is 4.53. The van der Waals surface area contributed by atoms with Crippen molar-refractivity contribution >= 4 is 10.9 Å². The summed E-state index contributed by atoms with van der Waals surface area (Å²) in [5, 5.41) is 1.36. The summed E-state index contributed by atoms with van der Waals surface area (Å²) in [6.45, 7) is 0.731. The van der Waals surface area contributed by atoms with Crippen molar-refractivity contribution in [1.82, 2.24) is 4.57 Å². The summed E-state index contributed by atoms with van der Waals surface area (Å²) in [6.07, 6.45) is 8.69. The highest BCUT2D eigenvalue weighted by Crippen LogP contribution is 2.32. The molecule has 17 heavy (non-hydrogen) atoms. The van der Waals surface area contributed by atoms with Crippen molar-refractivity contribution in [3.63, 3.8) is 0 Å². The van der Waals surface area contributed by atoms with Crippen LogP contribution in [0.5, 0.6) is 0 Å². The minimum Gasteiger partial charge on any atom is -0.344 e. The molecule has 1 aliphatic rings. The van der Waals surface area contributed by atoms with Crippen molar-refractivity contribution in [1.29, 1.82) is 0 Å². The Morgan fingerprint density at radius 3 is 2.76 bits per heavy atom. The molecule has 2 aromatic rings. The fourth-order valence-electron chi connectivity index (χ4n) is 3.04. The van der Waals surface area contributed by atoms with Gasteiger partial charge < -0.3 is 10.3 Å². The molecular weight excluding hydrogens is 208 g/mol. The number of fused-ring (bicyclic) bond motifs is 1. The van der Waals surface area contributed by atoms with E-state index in [0.29, 0.717) is 0 Å². The summed E-state index contributed by atoms with van der Waals surface area (Å²) in [5.74, 6) is 0. The van der Waals surface area contributed by atoms with Gasteiger partial charge >= 0.3 is 0 Å². The lowest BCUT2D eigenvalue weighted by Gasteiger charge is -2.13. The minimum absolute atomic E-state index is 0.729. The Labute approximate surface area is 102 Å². The zero-order valence-electron chi connectivity index (χ0n) is 10.2. The Hall–Kier alpha value is -1.28. The highest BCUT2D eigenvalue weighted by molar-refractivity contribution is 5.81. The SMILES string of the molecule is NCCc1ccc2c(ccn2C2CCCC2)c1. The first-order valence-electron chi connectivity index (χ1n) is 6.68. The van der Waals surface area contributed by atoms with Gasteiger partial charge in [0.05, 0.1) is 0 Å². The molecule has 0 atom stereocenters. The molecule has 2 heteroatoms. The molecule has 0 spiro atoms. The number of nitrogens with two attached hydrogens (primary N) is 1. The Kier molecular flexibility index (Phi) is 2.89. The molecule has 1 heterocycles. The number of rotatable bonds is 3. The Bertz CT molecular complexity index is 507. The summed E-state index contributed by atoms with van der Waals surface area (Å²) >= 11 is 0. The quantitative estimate of drug-likeness (QED) is 0.859. The van der Waals surface area contributed by atoms with E-state index in [9.17, 15) is 0 Å². The average Bonchev–Trinajstić information content (AvgIpc) is 2.96. The largest absolute Gasteiger partial charge is 0.344 e. The van der Waals surface area contributed by atoms with Crippen LogP contribution in [0.1, 0.15) is 37.3 Å². The molecule has 0 amide bonds. The molecule has 1 saturated carbocycles. The maximum atomic E-state index is 5.60. The molecule has 0 unspecified atom stereocenters. The average molecular weight is 228 g/mol. The van der Waals surface area contributed by atoms with E-state index in [1.54, 1.807) is 0 Å². The molecule has 2 nitrogen and oxygen atoms in total. The van der Waals surface area contributed by atoms with Gasteiger partial charge in [0.25, 0.3) is 0 Å². The molecule has 0 radical (unpaired) electrons. The van der Waals surface area contributed by atoms with Gasteiger partial charge in [0.1, 0.15) is 0 Å².